The lowest BCUT2D eigenvalue weighted by molar-refractivity contribution is -0.120. The third kappa shape index (κ3) is 3.88. The van der Waals surface area contributed by atoms with Crippen molar-refractivity contribution in [2.24, 2.45) is 0 Å². The minimum atomic E-state index is -0.159. The molecule has 3 aromatic rings. The number of carbonyl (C=O) groups excluding carboxylic acids is 1. The van der Waals surface area contributed by atoms with Gasteiger partial charge in [-0.25, -0.2) is 9.67 Å². The Balaban J connectivity index is 1.81. The van der Waals surface area contributed by atoms with Crippen LogP contribution in [0, 0.1) is 0 Å². The largest absolute Gasteiger partial charge is 0.354 e. The number of nitrogens with zero attached hydrogens (tertiary/aromatic N) is 4. The van der Waals surface area contributed by atoms with Gasteiger partial charge in [0.25, 0.3) is 5.56 Å². The van der Waals surface area contributed by atoms with Gasteiger partial charge in [-0.1, -0.05) is 30.7 Å². The van der Waals surface area contributed by atoms with E-state index in [0.717, 1.165) is 5.56 Å². The van der Waals surface area contributed by atoms with Gasteiger partial charge in [-0.15, -0.1) is 0 Å². The molecule has 1 N–H and O–H groups in total. The topological polar surface area (TPSA) is 81.8 Å². The van der Waals surface area contributed by atoms with Crippen LogP contribution in [-0.2, 0) is 17.9 Å². The number of fused-ring (bicyclic) bond motifs is 1. The SMILES string of the molecule is CCC(=O)NCCn1ncc2c(=O)n(Cc3cccc(Cl)c3)cnc21. The van der Waals surface area contributed by atoms with Crippen molar-refractivity contribution in [2.45, 2.75) is 26.4 Å². The Morgan fingerprint density at radius 3 is 2.96 bits per heavy atom. The Morgan fingerprint density at radius 2 is 2.20 bits per heavy atom. The molecule has 0 saturated heterocycles. The zero-order chi connectivity index (χ0) is 17.8. The summed E-state index contributed by atoms with van der Waals surface area (Å²) < 4.78 is 3.15. The van der Waals surface area contributed by atoms with E-state index in [1.807, 2.05) is 18.2 Å². The second-order valence-corrected chi connectivity index (χ2v) is 6.05. The summed E-state index contributed by atoms with van der Waals surface area (Å²) in [5.41, 5.74) is 1.28. The summed E-state index contributed by atoms with van der Waals surface area (Å²) in [5.74, 6) is -0.0201. The molecule has 8 heteroatoms. The van der Waals surface area contributed by atoms with Crippen molar-refractivity contribution in [3.05, 3.63) is 57.7 Å². The predicted molar refractivity (Wildman–Crippen MR) is 95.6 cm³/mol. The van der Waals surface area contributed by atoms with Crippen molar-refractivity contribution in [1.82, 2.24) is 24.6 Å². The highest BCUT2D eigenvalue weighted by Crippen LogP contribution is 2.12. The summed E-state index contributed by atoms with van der Waals surface area (Å²) in [5, 5.41) is 8.06. The molecule has 0 spiro atoms. The number of carbonyl (C=O) groups is 1. The van der Waals surface area contributed by atoms with E-state index in [1.165, 1.54) is 17.1 Å². The second kappa shape index (κ2) is 7.48. The highest BCUT2D eigenvalue weighted by molar-refractivity contribution is 6.30. The molecule has 0 radical (unpaired) electrons. The first kappa shape index (κ1) is 17.2. The molecule has 0 aliphatic heterocycles. The monoisotopic (exact) mass is 359 g/mol. The summed E-state index contributed by atoms with van der Waals surface area (Å²) >= 11 is 5.98. The van der Waals surface area contributed by atoms with E-state index in [4.69, 9.17) is 11.6 Å². The number of halogens is 1. The van der Waals surface area contributed by atoms with Crippen LogP contribution >= 0.6 is 11.6 Å². The number of nitrogens with one attached hydrogen (secondary N) is 1. The summed E-state index contributed by atoms with van der Waals surface area (Å²) in [6.45, 7) is 3.08. The zero-order valence-electron chi connectivity index (χ0n) is 13.8. The van der Waals surface area contributed by atoms with E-state index in [-0.39, 0.29) is 11.5 Å². The molecule has 25 heavy (non-hydrogen) atoms. The Labute approximate surface area is 149 Å². The molecule has 2 heterocycles. The van der Waals surface area contributed by atoms with Gasteiger partial charge in [0.15, 0.2) is 5.65 Å². The number of aromatic nitrogens is 4. The van der Waals surface area contributed by atoms with Crippen LogP contribution in [0.5, 0.6) is 0 Å². The highest BCUT2D eigenvalue weighted by Gasteiger charge is 2.10. The van der Waals surface area contributed by atoms with Crippen molar-refractivity contribution >= 4 is 28.5 Å². The first-order valence-corrected chi connectivity index (χ1v) is 8.38. The molecule has 2 aromatic heterocycles. The van der Waals surface area contributed by atoms with Crippen LogP contribution in [0.25, 0.3) is 11.0 Å². The Hall–Kier alpha value is -2.67. The number of hydrogen-bond acceptors (Lipinski definition) is 4. The van der Waals surface area contributed by atoms with Crippen molar-refractivity contribution < 1.29 is 4.79 Å². The number of hydrogen-bond donors (Lipinski definition) is 1. The molecule has 0 saturated carbocycles. The van der Waals surface area contributed by atoms with Gasteiger partial charge in [-0.2, -0.15) is 5.10 Å². The maximum absolute atomic E-state index is 12.6. The number of rotatable bonds is 6. The molecule has 0 aliphatic carbocycles. The normalized spacial score (nSPS) is 11.0. The Kier molecular flexibility index (Phi) is 5.14. The predicted octanol–water partition coefficient (Wildman–Crippen LogP) is 1.82. The molecule has 0 aliphatic rings. The molecule has 0 fully saturated rings. The summed E-state index contributed by atoms with van der Waals surface area (Å²) in [6, 6.07) is 7.36. The van der Waals surface area contributed by atoms with Crippen LogP contribution in [0.2, 0.25) is 5.02 Å². The van der Waals surface area contributed by atoms with Crippen LogP contribution in [0.1, 0.15) is 18.9 Å². The Bertz CT molecular complexity index is 963. The summed E-state index contributed by atoms with van der Waals surface area (Å²) in [4.78, 5) is 28.3. The summed E-state index contributed by atoms with van der Waals surface area (Å²) in [7, 11) is 0. The minimum absolute atomic E-state index is 0.0201. The molecule has 1 amide bonds. The molecule has 3 rings (SSSR count). The van der Waals surface area contributed by atoms with Gasteiger partial charge in [-0.05, 0) is 17.7 Å². The standard InChI is InChI=1S/C17H18ClN5O2/c1-2-15(24)19-6-7-23-16-14(9-21-23)17(25)22(11-20-16)10-12-4-3-5-13(18)8-12/h3-5,8-9,11H,2,6-7,10H2,1H3,(H,19,24). The van der Waals surface area contributed by atoms with Crippen LogP contribution < -0.4 is 10.9 Å². The van der Waals surface area contributed by atoms with Gasteiger partial charge >= 0.3 is 0 Å². The fourth-order valence-corrected chi connectivity index (χ4v) is 2.74. The van der Waals surface area contributed by atoms with E-state index in [0.29, 0.717) is 42.1 Å². The number of benzene rings is 1. The van der Waals surface area contributed by atoms with Gasteiger partial charge in [-0.3, -0.25) is 14.2 Å². The van der Waals surface area contributed by atoms with Crippen LogP contribution in [0.15, 0.2) is 41.6 Å². The molecule has 0 unspecified atom stereocenters. The molecular formula is C17H18ClN5O2. The molecule has 0 atom stereocenters. The van der Waals surface area contributed by atoms with Gasteiger partial charge in [0.1, 0.15) is 11.7 Å². The van der Waals surface area contributed by atoms with Crippen molar-refractivity contribution in [3.63, 3.8) is 0 Å². The average molecular weight is 360 g/mol. The van der Waals surface area contributed by atoms with Crippen LogP contribution in [0.4, 0.5) is 0 Å². The fourth-order valence-electron chi connectivity index (χ4n) is 2.53. The van der Waals surface area contributed by atoms with Gasteiger partial charge in [0.2, 0.25) is 5.91 Å². The number of amides is 1. The lowest BCUT2D eigenvalue weighted by Crippen LogP contribution is -2.27. The zero-order valence-corrected chi connectivity index (χ0v) is 14.5. The molecule has 0 bridgehead atoms. The quantitative estimate of drug-likeness (QED) is 0.727. The third-order valence-corrected chi connectivity index (χ3v) is 4.07. The molecule has 7 nitrogen and oxygen atoms in total. The first-order valence-electron chi connectivity index (χ1n) is 8.00. The van der Waals surface area contributed by atoms with E-state index >= 15 is 0 Å². The first-order chi connectivity index (χ1) is 12.1. The maximum atomic E-state index is 12.6. The third-order valence-electron chi connectivity index (χ3n) is 3.83. The van der Waals surface area contributed by atoms with E-state index in [1.54, 1.807) is 17.7 Å². The average Bonchev–Trinajstić information content (AvgIpc) is 3.01. The van der Waals surface area contributed by atoms with Gasteiger partial charge in [0, 0.05) is 18.0 Å². The van der Waals surface area contributed by atoms with Crippen molar-refractivity contribution in [3.8, 4) is 0 Å². The highest BCUT2D eigenvalue weighted by atomic mass is 35.5. The lowest BCUT2D eigenvalue weighted by atomic mass is 10.2. The molecular weight excluding hydrogens is 342 g/mol. The molecule has 130 valence electrons. The van der Waals surface area contributed by atoms with Crippen molar-refractivity contribution in [2.75, 3.05) is 6.54 Å². The smallest absolute Gasteiger partial charge is 0.264 e. The maximum Gasteiger partial charge on any atom is 0.264 e. The van der Waals surface area contributed by atoms with E-state index in [9.17, 15) is 9.59 Å². The lowest BCUT2D eigenvalue weighted by Gasteiger charge is -2.07. The van der Waals surface area contributed by atoms with Crippen LogP contribution in [-0.4, -0.2) is 31.8 Å². The second-order valence-electron chi connectivity index (χ2n) is 5.62. The van der Waals surface area contributed by atoms with E-state index < -0.39 is 0 Å². The van der Waals surface area contributed by atoms with Gasteiger partial charge < -0.3 is 5.32 Å². The van der Waals surface area contributed by atoms with Crippen molar-refractivity contribution in [1.29, 1.82) is 0 Å². The minimum Gasteiger partial charge on any atom is -0.354 e. The Morgan fingerprint density at radius 1 is 1.36 bits per heavy atom. The van der Waals surface area contributed by atoms with Gasteiger partial charge in [0.05, 0.1) is 19.3 Å². The fraction of sp³-hybridized carbons (Fsp3) is 0.294. The van der Waals surface area contributed by atoms with E-state index in [2.05, 4.69) is 15.4 Å². The summed E-state index contributed by atoms with van der Waals surface area (Å²) in [6.07, 6.45) is 3.46. The van der Waals surface area contributed by atoms with Crippen LogP contribution in [0.3, 0.4) is 0 Å². The molecule has 1 aromatic carbocycles.